The third-order valence-corrected chi connectivity index (χ3v) is 3.91. The van der Waals surface area contributed by atoms with Crippen LogP contribution in [0.25, 0.3) is 0 Å². The second-order valence-electron chi connectivity index (χ2n) is 5.76. The maximum absolute atomic E-state index is 11.6. The lowest BCUT2D eigenvalue weighted by Gasteiger charge is -2.13. The fourth-order valence-corrected chi connectivity index (χ4v) is 2.74. The molecule has 23 heavy (non-hydrogen) atoms. The Morgan fingerprint density at radius 2 is 1.91 bits per heavy atom. The third-order valence-electron chi connectivity index (χ3n) is 3.91. The zero-order chi connectivity index (χ0) is 16.0. The normalized spacial score (nSPS) is 15.1. The summed E-state index contributed by atoms with van der Waals surface area (Å²) >= 11 is 0. The van der Waals surface area contributed by atoms with Crippen LogP contribution in [0, 0.1) is 5.92 Å². The van der Waals surface area contributed by atoms with Crippen LogP contribution >= 0.6 is 24.0 Å². The van der Waals surface area contributed by atoms with Crippen molar-refractivity contribution in [1.82, 2.24) is 16.0 Å². The first-order valence-corrected chi connectivity index (χ1v) is 8.54. The van der Waals surface area contributed by atoms with Gasteiger partial charge in [0.1, 0.15) is 6.54 Å². The smallest absolute Gasteiger partial charge is 0.241 e. The number of hydrogen-bond donors (Lipinski definition) is 3. The molecule has 0 radical (unpaired) electrons. The highest BCUT2D eigenvalue weighted by Gasteiger charge is 2.14. The minimum atomic E-state index is -0.0831. The summed E-state index contributed by atoms with van der Waals surface area (Å²) in [6.07, 6.45) is 8.06. The number of amides is 1. The van der Waals surface area contributed by atoms with E-state index >= 15 is 0 Å². The van der Waals surface area contributed by atoms with E-state index in [4.69, 9.17) is 4.74 Å². The van der Waals surface area contributed by atoms with Crippen LogP contribution in [0.3, 0.4) is 0 Å². The number of methoxy groups -OCH3 is 1. The maximum Gasteiger partial charge on any atom is 0.241 e. The molecular weight excluding hydrogens is 407 g/mol. The van der Waals surface area contributed by atoms with Crippen molar-refractivity contribution in [3.63, 3.8) is 0 Å². The second-order valence-corrected chi connectivity index (χ2v) is 5.76. The molecule has 1 aliphatic rings. The summed E-state index contributed by atoms with van der Waals surface area (Å²) in [6, 6.07) is 0. The number of guanidine groups is 1. The van der Waals surface area contributed by atoms with Crippen molar-refractivity contribution in [2.45, 2.75) is 45.4 Å². The largest absolute Gasteiger partial charge is 0.383 e. The first-order valence-electron chi connectivity index (χ1n) is 8.54. The molecule has 1 rings (SSSR count). The predicted octanol–water partition coefficient (Wildman–Crippen LogP) is 1.89. The monoisotopic (exact) mass is 440 g/mol. The Morgan fingerprint density at radius 3 is 2.57 bits per heavy atom. The molecule has 0 aromatic carbocycles. The molecule has 0 aliphatic heterocycles. The minimum absolute atomic E-state index is 0. The summed E-state index contributed by atoms with van der Waals surface area (Å²) < 4.78 is 4.89. The Morgan fingerprint density at radius 1 is 1.17 bits per heavy atom. The minimum Gasteiger partial charge on any atom is -0.383 e. The van der Waals surface area contributed by atoms with Crippen molar-refractivity contribution in [2.24, 2.45) is 10.9 Å². The molecule has 0 aromatic rings. The van der Waals surface area contributed by atoms with Crippen molar-refractivity contribution in [2.75, 3.05) is 39.9 Å². The first-order chi connectivity index (χ1) is 10.8. The zero-order valence-electron chi connectivity index (χ0n) is 14.5. The number of nitrogens with one attached hydrogen (secondary N) is 3. The van der Waals surface area contributed by atoms with Crippen molar-refractivity contribution in [3.05, 3.63) is 0 Å². The van der Waals surface area contributed by atoms with Gasteiger partial charge in [-0.25, -0.2) is 4.99 Å². The molecule has 7 heteroatoms. The summed E-state index contributed by atoms with van der Waals surface area (Å²) in [6.45, 7) is 4.91. The molecule has 0 saturated heterocycles. The van der Waals surface area contributed by atoms with Gasteiger partial charge in [0.05, 0.1) is 6.61 Å². The number of ether oxygens (including phenoxy) is 1. The van der Waals surface area contributed by atoms with Gasteiger partial charge < -0.3 is 20.7 Å². The van der Waals surface area contributed by atoms with Crippen LogP contribution in [0.5, 0.6) is 0 Å². The molecule has 0 heterocycles. The molecule has 136 valence electrons. The molecular formula is C16H33IN4O2. The van der Waals surface area contributed by atoms with Crippen LogP contribution in [-0.4, -0.2) is 51.8 Å². The van der Waals surface area contributed by atoms with Gasteiger partial charge in [0.25, 0.3) is 0 Å². The molecule has 0 bridgehead atoms. The summed E-state index contributed by atoms with van der Waals surface area (Å²) in [4.78, 5) is 15.9. The lowest BCUT2D eigenvalue weighted by atomic mass is 10.0. The van der Waals surface area contributed by atoms with Gasteiger partial charge >= 0.3 is 0 Å². The number of halogens is 1. The van der Waals surface area contributed by atoms with Crippen molar-refractivity contribution in [1.29, 1.82) is 0 Å². The van der Waals surface area contributed by atoms with Crippen molar-refractivity contribution in [3.8, 4) is 0 Å². The first kappa shape index (κ1) is 22.4. The van der Waals surface area contributed by atoms with E-state index in [1.807, 2.05) is 6.92 Å². The molecule has 1 saturated carbocycles. The number of rotatable bonds is 10. The lowest BCUT2D eigenvalue weighted by molar-refractivity contribution is -0.119. The molecule has 1 amide bonds. The Kier molecular flexibility index (Phi) is 14.6. The number of carbonyl (C=O) groups is 1. The van der Waals surface area contributed by atoms with Crippen LogP contribution in [0.1, 0.15) is 45.4 Å². The molecule has 0 spiro atoms. The lowest BCUT2D eigenvalue weighted by Crippen LogP contribution is -2.39. The van der Waals surface area contributed by atoms with E-state index in [1.54, 1.807) is 7.11 Å². The fraction of sp³-hybridized carbons (Fsp3) is 0.875. The molecule has 1 aliphatic carbocycles. The van der Waals surface area contributed by atoms with E-state index in [9.17, 15) is 4.79 Å². The molecule has 0 atom stereocenters. The van der Waals surface area contributed by atoms with Crippen LogP contribution in [0.2, 0.25) is 0 Å². The van der Waals surface area contributed by atoms with Gasteiger partial charge in [0, 0.05) is 26.7 Å². The van der Waals surface area contributed by atoms with Crippen LogP contribution in [0.15, 0.2) is 4.99 Å². The van der Waals surface area contributed by atoms with Crippen molar-refractivity contribution >= 4 is 35.8 Å². The number of carbonyl (C=O) groups excluding carboxylic acids is 1. The van der Waals surface area contributed by atoms with Crippen LogP contribution in [0.4, 0.5) is 0 Å². The van der Waals surface area contributed by atoms with E-state index in [-0.39, 0.29) is 36.4 Å². The number of hydrogen-bond acceptors (Lipinski definition) is 3. The summed E-state index contributed by atoms with van der Waals surface area (Å²) in [7, 11) is 1.61. The highest BCUT2D eigenvalue weighted by molar-refractivity contribution is 14.0. The topological polar surface area (TPSA) is 74.8 Å². The van der Waals surface area contributed by atoms with Gasteiger partial charge in [-0.1, -0.05) is 25.7 Å². The average molecular weight is 440 g/mol. The van der Waals surface area contributed by atoms with E-state index in [1.165, 1.54) is 32.1 Å². The standard InChI is InChI=1S/C16H32N4O2.HI/c1-3-17-16(20-13-15(21)18-11-12-22-2)19-10-6-9-14-7-4-5-8-14;/h14H,3-13H2,1-2H3,(H,18,21)(H2,17,19,20);1H. The number of aliphatic imine (C=N–C) groups is 1. The van der Waals surface area contributed by atoms with Gasteiger partial charge in [0.15, 0.2) is 5.96 Å². The van der Waals surface area contributed by atoms with Crippen molar-refractivity contribution < 1.29 is 9.53 Å². The van der Waals surface area contributed by atoms with Crippen LogP contribution < -0.4 is 16.0 Å². The maximum atomic E-state index is 11.6. The molecule has 6 nitrogen and oxygen atoms in total. The Hall–Kier alpha value is -0.570. The summed E-state index contributed by atoms with van der Waals surface area (Å²) in [5, 5.41) is 9.23. The van der Waals surface area contributed by atoms with Gasteiger partial charge in [-0.15, -0.1) is 24.0 Å². The van der Waals surface area contributed by atoms with Gasteiger partial charge in [-0.3, -0.25) is 4.79 Å². The molecule has 1 fully saturated rings. The highest BCUT2D eigenvalue weighted by Crippen LogP contribution is 2.28. The fourth-order valence-electron chi connectivity index (χ4n) is 2.74. The SMILES string of the molecule is CCNC(=NCC(=O)NCCOC)NCCCC1CCCC1.I. The van der Waals surface area contributed by atoms with E-state index in [2.05, 4.69) is 20.9 Å². The summed E-state index contributed by atoms with van der Waals surface area (Å²) in [5.41, 5.74) is 0. The number of nitrogens with zero attached hydrogens (tertiary/aromatic N) is 1. The highest BCUT2D eigenvalue weighted by atomic mass is 127. The quantitative estimate of drug-likeness (QED) is 0.210. The van der Waals surface area contributed by atoms with Crippen LogP contribution in [-0.2, 0) is 9.53 Å². The van der Waals surface area contributed by atoms with E-state index in [0.717, 1.165) is 31.4 Å². The Labute approximate surface area is 157 Å². The molecule has 0 aromatic heterocycles. The Balaban J connectivity index is 0.00000484. The summed E-state index contributed by atoms with van der Waals surface area (Å²) in [5.74, 6) is 1.56. The van der Waals surface area contributed by atoms with Gasteiger partial charge in [-0.05, 0) is 25.7 Å². The van der Waals surface area contributed by atoms with E-state index in [0.29, 0.717) is 13.2 Å². The van der Waals surface area contributed by atoms with E-state index < -0.39 is 0 Å². The van der Waals surface area contributed by atoms with Gasteiger partial charge in [0.2, 0.25) is 5.91 Å². The average Bonchev–Trinajstić information content (AvgIpc) is 3.02. The Bertz CT molecular complexity index is 334. The van der Waals surface area contributed by atoms with Gasteiger partial charge in [-0.2, -0.15) is 0 Å². The molecule has 3 N–H and O–H groups in total. The zero-order valence-corrected chi connectivity index (χ0v) is 16.9. The third kappa shape index (κ3) is 11.6. The predicted molar refractivity (Wildman–Crippen MR) is 105 cm³/mol. The molecule has 0 unspecified atom stereocenters. The second kappa shape index (κ2) is 15.0.